The van der Waals surface area contributed by atoms with E-state index in [4.69, 9.17) is 5.10 Å². The van der Waals surface area contributed by atoms with Gasteiger partial charge in [0.05, 0.1) is 29.7 Å². The molecule has 0 aliphatic carbocycles. The first-order valence-electron chi connectivity index (χ1n) is 11.5. The quantitative estimate of drug-likeness (QED) is 0.554. The Bertz CT molecular complexity index is 1040. The number of benzene rings is 2. The van der Waals surface area contributed by atoms with E-state index in [1.807, 2.05) is 29.8 Å². The number of para-hydroxylation sites is 2. The van der Waals surface area contributed by atoms with E-state index >= 15 is 0 Å². The molecule has 0 radical (unpaired) electrons. The number of anilines is 1. The van der Waals surface area contributed by atoms with Crippen molar-refractivity contribution in [2.45, 2.75) is 59.9 Å². The highest BCUT2D eigenvalue weighted by Crippen LogP contribution is 2.32. The number of quaternary nitrogens is 1. The largest absolute Gasteiger partial charge is 0.326 e. The third-order valence-electron chi connectivity index (χ3n) is 6.02. The maximum absolute atomic E-state index is 13.0. The normalized spacial score (nSPS) is 12.4. The molecule has 2 N–H and O–H groups in total. The van der Waals surface area contributed by atoms with Crippen molar-refractivity contribution < 1.29 is 9.69 Å². The van der Waals surface area contributed by atoms with Gasteiger partial charge in [-0.25, -0.2) is 4.68 Å². The lowest BCUT2D eigenvalue weighted by molar-refractivity contribution is -0.885. The summed E-state index contributed by atoms with van der Waals surface area (Å²) in [5.41, 5.74) is 7.76. The van der Waals surface area contributed by atoms with Crippen LogP contribution in [0.25, 0.3) is 5.69 Å². The molecule has 0 saturated carbocycles. The summed E-state index contributed by atoms with van der Waals surface area (Å²) in [6, 6.07) is 16.5. The molecule has 0 fully saturated rings. The van der Waals surface area contributed by atoms with Gasteiger partial charge >= 0.3 is 0 Å². The number of amides is 1. The van der Waals surface area contributed by atoms with Gasteiger partial charge in [-0.3, -0.25) is 4.79 Å². The van der Waals surface area contributed by atoms with Crippen LogP contribution in [0.5, 0.6) is 0 Å². The number of nitrogens with zero attached hydrogens (tertiary/aromatic N) is 2. The smallest absolute Gasteiger partial charge is 0.279 e. The number of likely N-dealkylation sites (N-methyl/N-ethyl adjacent to an activating group) is 1. The zero-order valence-electron chi connectivity index (χ0n) is 20.5. The van der Waals surface area contributed by atoms with Crippen molar-refractivity contribution >= 4 is 11.6 Å². The van der Waals surface area contributed by atoms with Gasteiger partial charge in [-0.1, -0.05) is 64.1 Å². The highest BCUT2D eigenvalue weighted by Gasteiger charge is 2.20. The number of nitrogens with one attached hydrogen (secondary N) is 2. The number of carbonyl (C=O) groups excluding carboxylic acids is 1. The number of carbonyl (C=O) groups is 1. The molecular formula is C27H37N4O+. The summed E-state index contributed by atoms with van der Waals surface area (Å²) >= 11 is 0. The average molecular weight is 434 g/mol. The van der Waals surface area contributed by atoms with Gasteiger partial charge < -0.3 is 10.2 Å². The molecule has 32 heavy (non-hydrogen) atoms. The van der Waals surface area contributed by atoms with Crippen molar-refractivity contribution in [3.8, 4) is 5.69 Å². The number of rotatable bonds is 8. The Morgan fingerprint density at radius 2 is 1.56 bits per heavy atom. The predicted molar refractivity (Wildman–Crippen MR) is 132 cm³/mol. The van der Waals surface area contributed by atoms with Crippen LogP contribution in [0.4, 0.5) is 5.69 Å². The van der Waals surface area contributed by atoms with Gasteiger partial charge in [-0.2, -0.15) is 5.10 Å². The zero-order valence-corrected chi connectivity index (χ0v) is 20.5. The number of aryl methyl sites for hydroxylation is 1. The van der Waals surface area contributed by atoms with E-state index < -0.39 is 0 Å². The lowest BCUT2D eigenvalue weighted by atomic mass is 9.92. The van der Waals surface area contributed by atoms with Crippen molar-refractivity contribution in [1.82, 2.24) is 9.78 Å². The second-order valence-corrected chi connectivity index (χ2v) is 9.38. The first-order chi connectivity index (χ1) is 15.2. The fraction of sp³-hybridized carbons (Fsp3) is 0.407. The maximum Gasteiger partial charge on any atom is 0.279 e. The summed E-state index contributed by atoms with van der Waals surface area (Å²) in [4.78, 5) is 14.1. The van der Waals surface area contributed by atoms with Crippen LogP contribution in [0.15, 0.2) is 48.5 Å². The standard InChI is InChI=1S/C27H36N4O/c1-18(2)23-14-11-15-24(19(3)4)27(23)28-26(32)17-30(7)16-25-20(5)29-31(21(25)6)22-12-9-8-10-13-22/h8-15,18-19H,16-17H2,1-7H3,(H,28,32)/p+1. The summed E-state index contributed by atoms with van der Waals surface area (Å²) in [5.74, 6) is 0.745. The fourth-order valence-electron chi connectivity index (χ4n) is 4.27. The van der Waals surface area contributed by atoms with Crippen LogP contribution in [0.1, 0.15) is 67.6 Å². The van der Waals surface area contributed by atoms with E-state index in [0.29, 0.717) is 18.4 Å². The lowest BCUT2D eigenvalue weighted by Crippen LogP contribution is -3.08. The molecule has 1 aromatic heterocycles. The monoisotopic (exact) mass is 433 g/mol. The van der Waals surface area contributed by atoms with E-state index in [2.05, 4.69) is 77.3 Å². The highest BCUT2D eigenvalue weighted by molar-refractivity contribution is 5.93. The summed E-state index contributed by atoms with van der Waals surface area (Å²) in [6.45, 7) is 14.0. The molecule has 0 bridgehead atoms. The van der Waals surface area contributed by atoms with Gasteiger partial charge in [0.2, 0.25) is 0 Å². The van der Waals surface area contributed by atoms with Gasteiger partial charge in [0, 0.05) is 5.69 Å². The molecule has 1 unspecified atom stereocenters. The molecule has 3 rings (SSSR count). The molecule has 5 heteroatoms. The minimum Gasteiger partial charge on any atom is -0.326 e. The molecule has 0 saturated heterocycles. The molecule has 0 aliphatic rings. The lowest BCUT2D eigenvalue weighted by Gasteiger charge is -2.21. The second-order valence-electron chi connectivity index (χ2n) is 9.38. The highest BCUT2D eigenvalue weighted by atomic mass is 16.2. The van der Waals surface area contributed by atoms with Gasteiger partial charge in [-0.15, -0.1) is 0 Å². The molecule has 1 heterocycles. The number of hydrogen-bond donors (Lipinski definition) is 2. The van der Waals surface area contributed by atoms with E-state index in [-0.39, 0.29) is 5.91 Å². The Labute approximate surface area is 192 Å². The first kappa shape index (κ1) is 23.7. The molecule has 1 atom stereocenters. The summed E-state index contributed by atoms with van der Waals surface area (Å²) in [7, 11) is 2.07. The van der Waals surface area contributed by atoms with Crippen LogP contribution < -0.4 is 10.2 Å². The molecule has 1 amide bonds. The summed E-state index contributed by atoms with van der Waals surface area (Å²) in [6.07, 6.45) is 0. The molecule has 5 nitrogen and oxygen atoms in total. The van der Waals surface area contributed by atoms with Crippen molar-refractivity contribution in [1.29, 1.82) is 0 Å². The van der Waals surface area contributed by atoms with Crippen molar-refractivity contribution in [3.63, 3.8) is 0 Å². The first-order valence-corrected chi connectivity index (χ1v) is 11.5. The van der Waals surface area contributed by atoms with E-state index in [0.717, 1.165) is 34.2 Å². The van der Waals surface area contributed by atoms with Crippen molar-refractivity contribution in [2.75, 3.05) is 18.9 Å². The van der Waals surface area contributed by atoms with Crippen LogP contribution in [0.3, 0.4) is 0 Å². The Balaban J connectivity index is 1.74. The zero-order chi connectivity index (χ0) is 23.4. The molecular weight excluding hydrogens is 396 g/mol. The molecule has 3 aromatic rings. The number of aromatic nitrogens is 2. The van der Waals surface area contributed by atoms with Gasteiger partial charge in [0.15, 0.2) is 6.54 Å². The minimum atomic E-state index is 0.0447. The van der Waals surface area contributed by atoms with Crippen LogP contribution in [0.2, 0.25) is 0 Å². The topological polar surface area (TPSA) is 51.4 Å². The van der Waals surface area contributed by atoms with Crippen molar-refractivity contribution in [3.05, 3.63) is 76.6 Å². The molecule has 170 valence electrons. The molecule has 0 aliphatic heterocycles. The Morgan fingerprint density at radius 3 is 2.12 bits per heavy atom. The van der Waals surface area contributed by atoms with Gasteiger partial charge in [0.1, 0.15) is 6.54 Å². The third-order valence-corrected chi connectivity index (χ3v) is 6.02. The predicted octanol–water partition coefficient (Wildman–Crippen LogP) is 4.39. The second kappa shape index (κ2) is 10.1. The van der Waals surface area contributed by atoms with Crippen LogP contribution >= 0.6 is 0 Å². The number of hydrogen-bond acceptors (Lipinski definition) is 2. The van der Waals surface area contributed by atoms with Crippen LogP contribution in [0, 0.1) is 13.8 Å². The van der Waals surface area contributed by atoms with Crippen molar-refractivity contribution in [2.24, 2.45) is 0 Å². The molecule has 2 aromatic carbocycles. The average Bonchev–Trinajstić information content (AvgIpc) is 3.02. The SMILES string of the molecule is Cc1nn(-c2ccccc2)c(C)c1C[NH+](C)CC(=O)Nc1c(C(C)C)cccc1C(C)C. The van der Waals surface area contributed by atoms with Gasteiger partial charge in [0.25, 0.3) is 5.91 Å². The summed E-state index contributed by atoms with van der Waals surface area (Å²) < 4.78 is 1.99. The van der Waals surface area contributed by atoms with E-state index in [1.54, 1.807) is 0 Å². The third kappa shape index (κ3) is 5.28. The Kier molecular flexibility index (Phi) is 7.52. The fourth-order valence-corrected chi connectivity index (χ4v) is 4.27. The van der Waals surface area contributed by atoms with Crippen LogP contribution in [-0.2, 0) is 11.3 Å². The van der Waals surface area contributed by atoms with Crippen LogP contribution in [-0.4, -0.2) is 29.3 Å². The van der Waals surface area contributed by atoms with E-state index in [9.17, 15) is 4.79 Å². The minimum absolute atomic E-state index is 0.0447. The Morgan fingerprint density at radius 1 is 0.969 bits per heavy atom. The molecule has 0 spiro atoms. The Hall–Kier alpha value is -2.92. The summed E-state index contributed by atoms with van der Waals surface area (Å²) in [5, 5.41) is 7.98. The van der Waals surface area contributed by atoms with E-state index in [1.165, 1.54) is 16.7 Å². The van der Waals surface area contributed by atoms with Gasteiger partial charge in [-0.05, 0) is 48.9 Å². The maximum atomic E-state index is 13.0.